The van der Waals surface area contributed by atoms with Crippen molar-refractivity contribution < 1.29 is 9.84 Å². The summed E-state index contributed by atoms with van der Waals surface area (Å²) in [5.74, 6) is 0. The van der Waals surface area contributed by atoms with Gasteiger partial charge in [0.25, 0.3) is 0 Å². The molecule has 0 amide bonds. The van der Waals surface area contributed by atoms with Gasteiger partial charge in [0.05, 0.1) is 17.5 Å². The second kappa shape index (κ2) is 3.33. The molecule has 5 nitrogen and oxygen atoms in total. The van der Waals surface area contributed by atoms with Crippen molar-refractivity contribution in [3.63, 3.8) is 0 Å². The summed E-state index contributed by atoms with van der Waals surface area (Å²) >= 11 is 0. The first-order chi connectivity index (χ1) is 6.63. The zero-order valence-corrected chi connectivity index (χ0v) is 8.47. The largest absolute Gasteiger partial charge is 0.384 e. The summed E-state index contributed by atoms with van der Waals surface area (Å²) < 4.78 is 7.14. The number of aliphatic hydroxyl groups is 1. The molecule has 2 atom stereocenters. The van der Waals surface area contributed by atoms with Crippen LogP contribution >= 0.6 is 0 Å². The molecule has 1 N–H and O–H groups in total. The Morgan fingerprint density at radius 2 is 2.50 bits per heavy atom. The van der Waals surface area contributed by atoms with Gasteiger partial charge in [0, 0.05) is 13.7 Å². The van der Waals surface area contributed by atoms with E-state index in [1.54, 1.807) is 17.9 Å². The third-order valence-corrected chi connectivity index (χ3v) is 2.86. The molecule has 1 aromatic heterocycles. The Morgan fingerprint density at radius 3 is 3.00 bits per heavy atom. The Hall–Kier alpha value is -0.940. The van der Waals surface area contributed by atoms with E-state index >= 15 is 0 Å². The number of aliphatic hydroxyl groups excluding tert-OH is 1. The van der Waals surface area contributed by atoms with E-state index in [0.29, 0.717) is 5.69 Å². The Bertz CT molecular complexity index is 318. The van der Waals surface area contributed by atoms with Crippen molar-refractivity contribution >= 4 is 0 Å². The Balaban J connectivity index is 2.23. The van der Waals surface area contributed by atoms with Gasteiger partial charge in [0.15, 0.2) is 0 Å². The van der Waals surface area contributed by atoms with E-state index < -0.39 is 11.7 Å². The molecule has 2 heterocycles. The van der Waals surface area contributed by atoms with Crippen molar-refractivity contribution in [2.45, 2.75) is 31.5 Å². The molecule has 0 saturated carbocycles. The fraction of sp³-hybridized carbons (Fsp3) is 0.778. The normalized spacial score (nSPS) is 29.4. The van der Waals surface area contributed by atoms with Crippen molar-refractivity contribution in [2.24, 2.45) is 7.05 Å². The molecular weight excluding hydrogens is 182 g/mol. The zero-order chi connectivity index (χ0) is 10.2. The van der Waals surface area contributed by atoms with E-state index in [1.165, 1.54) is 0 Å². The molecule has 0 bridgehead atoms. The first-order valence-corrected chi connectivity index (χ1v) is 4.80. The smallest absolute Gasteiger partial charge is 0.126 e. The Labute approximate surface area is 82.7 Å². The number of ether oxygens (including phenoxy) is 1. The third kappa shape index (κ3) is 1.42. The summed E-state index contributed by atoms with van der Waals surface area (Å²) in [7, 11) is 1.77. The number of aryl methyl sites for hydroxylation is 1. The molecule has 14 heavy (non-hydrogen) atoms. The van der Waals surface area contributed by atoms with Crippen LogP contribution in [0.2, 0.25) is 0 Å². The van der Waals surface area contributed by atoms with E-state index in [2.05, 4.69) is 10.3 Å². The predicted molar refractivity (Wildman–Crippen MR) is 49.6 cm³/mol. The highest BCUT2D eigenvalue weighted by atomic mass is 16.5. The van der Waals surface area contributed by atoms with Gasteiger partial charge in [0.1, 0.15) is 6.10 Å². The number of aromatic nitrogens is 3. The number of rotatable bonds is 2. The molecule has 1 aliphatic heterocycles. The van der Waals surface area contributed by atoms with Gasteiger partial charge < -0.3 is 9.84 Å². The first-order valence-electron chi connectivity index (χ1n) is 4.80. The van der Waals surface area contributed by atoms with Crippen molar-refractivity contribution in [3.8, 4) is 0 Å². The Kier molecular flexibility index (Phi) is 2.28. The zero-order valence-electron chi connectivity index (χ0n) is 8.47. The van der Waals surface area contributed by atoms with Crippen LogP contribution in [-0.4, -0.2) is 32.3 Å². The van der Waals surface area contributed by atoms with Crippen LogP contribution in [0, 0.1) is 0 Å². The van der Waals surface area contributed by atoms with Crippen molar-refractivity contribution in [1.82, 2.24) is 15.0 Å². The van der Waals surface area contributed by atoms with Gasteiger partial charge in [0.2, 0.25) is 0 Å². The number of nitrogens with zero attached hydrogens (tertiary/aromatic N) is 3. The molecule has 0 aromatic carbocycles. The summed E-state index contributed by atoms with van der Waals surface area (Å²) in [4.78, 5) is 0. The molecule has 0 aliphatic carbocycles. The minimum absolute atomic E-state index is 0.477. The minimum Gasteiger partial charge on any atom is -0.384 e. The second-order valence-corrected chi connectivity index (χ2v) is 3.95. The average Bonchev–Trinajstić information content (AvgIpc) is 2.74. The van der Waals surface area contributed by atoms with Crippen molar-refractivity contribution in [1.29, 1.82) is 0 Å². The fourth-order valence-electron chi connectivity index (χ4n) is 1.87. The van der Waals surface area contributed by atoms with Crippen LogP contribution < -0.4 is 0 Å². The molecule has 2 unspecified atom stereocenters. The average molecular weight is 197 g/mol. The lowest BCUT2D eigenvalue weighted by Crippen LogP contribution is -2.33. The van der Waals surface area contributed by atoms with E-state index in [4.69, 9.17) is 4.74 Å². The molecule has 1 aliphatic rings. The lowest BCUT2D eigenvalue weighted by Gasteiger charge is -2.28. The lowest BCUT2D eigenvalue weighted by molar-refractivity contribution is -0.0826. The van der Waals surface area contributed by atoms with Crippen LogP contribution in [0.5, 0.6) is 0 Å². The van der Waals surface area contributed by atoms with Crippen LogP contribution in [0.1, 0.15) is 31.6 Å². The second-order valence-electron chi connectivity index (χ2n) is 3.95. The maximum absolute atomic E-state index is 10.1. The third-order valence-electron chi connectivity index (χ3n) is 2.86. The molecule has 0 radical (unpaired) electrons. The topological polar surface area (TPSA) is 60.2 Å². The maximum atomic E-state index is 10.1. The first kappa shape index (κ1) is 9.61. The molecule has 1 aromatic rings. The standard InChI is InChI=1S/C9H15N3O2/c1-9(4-3-5-14-9)8(13)7-6-10-11-12(7)2/h6,8,13H,3-5H2,1-2H3. The molecule has 1 fully saturated rings. The molecular formula is C9H15N3O2. The highest BCUT2D eigenvalue weighted by Gasteiger charge is 2.39. The van der Waals surface area contributed by atoms with Gasteiger partial charge in [-0.15, -0.1) is 5.10 Å². The summed E-state index contributed by atoms with van der Waals surface area (Å²) in [5.41, 5.74) is 0.226. The SMILES string of the molecule is Cn1nncc1C(O)C1(C)CCCO1. The van der Waals surface area contributed by atoms with Gasteiger partial charge in [-0.2, -0.15) is 0 Å². The highest BCUT2D eigenvalue weighted by Crippen LogP contribution is 2.36. The number of hydrogen-bond donors (Lipinski definition) is 1. The van der Waals surface area contributed by atoms with E-state index in [0.717, 1.165) is 19.4 Å². The molecule has 0 spiro atoms. The van der Waals surface area contributed by atoms with E-state index in [9.17, 15) is 5.11 Å². The molecule has 2 rings (SSSR count). The van der Waals surface area contributed by atoms with Crippen molar-refractivity contribution in [3.05, 3.63) is 11.9 Å². The summed E-state index contributed by atoms with van der Waals surface area (Å²) in [6, 6.07) is 0. The quantitative estimate of drug-likeness (QED) is 0.746. The van der Waals surface area contributed by atoms with Crippen LogP contribution in [0.25, 0.3) is 0 Å². The van der Waals surface area contributed by atoms with Gasteiger partial charge >= 0.3 is 0 Å². The summed E-state index contributed by atoms with van der Waals surface area (Å²) in [6.45, 7) is 2.65. The fourth-order valence-corrected chi connectivity index (χ4v) is 1.87. The predicted octanol–water partition coefficient (Wildman–Crippen LogP) is 0.418. The van der Waals surface area contributed by atoms with E-state index in [-0.39, 0.29) is 0 Å². The van der Waals surface area contributed by atoms with E-state index in [1.807, 2.05) is 6.92 Å². The summed E-state index contributed by atoms with van der Waals surface area (Å²) in [6.07, 6.45) is 2.81. The van der Waals surface area contributed by atoms with Crippen LogP contribution in [0.15, 0.2) is 6.20 Å². The maximum Gasteiger partial charge on any atom is 0.126 e. The Morgan fingerprint density at radius 1 is 1.71 bits per heavy atom. The van der Waals surface area contributed by atoms with Gasteiger partial charge in [-0.25, -0.2) is 4.68 Å². The molecule has 5 heteroatoms. The molecule has 78 valence electrons. The lowest BCUT2D eigenvalue weighted by atomic mass is 9.93. The molecule has 1 saturated heterocycles. The van der Waals surface area contributed by atoms with Gasteiger partial charge in [-0.1, -0.05) is 5.21 Å². The van der Waals surface area contributed by atoms with Crippen LogP contribution in [0.4, 0.5) is 0 Å². The van der Waals surface area contributed by atoms with Crippen molar-refractivity contribution in [2.75, 3.05) is 6.61 Å². The minimum atomic E-state index is -0.648. The summed E-state index contributed by atoms with van der Waals surface area (Å²) in [5, 5.41) is 17.7. The number of hydrogen-bond acceptors (Lipinski definition) is 4. The van der Waals surface area contributed by atoms with Crippen LogP contribution in [0.3, 0.4) is 0 Å². The highest BCUT2D eigenvalue weighted by molar-refractivity contribution is 5.06. The van der Waals surface area contributed by atoms with Gasteiger partial charge in [-0.3, -0.25) is 0 Å². The monoisotopic (exact) mass is 197 g/mol. The van der Waals surface area contributed by atoms with Crippen LogP contribution in [-0.2, 0) is 11.8 Å². The van der Waals surface area contributed by atoms with Gasteiger partial charge in [-0.05, 0) is 19.8 Å².